The van der Waals surface area contributed by atoms with E-state index in [1.165, 1.54) is 18.2 Å². The molecular weight excluding hydrogens is 387 g/mol. The Hall–Kier alpha value is -1.93. The van der Waals surface area contributed by atoms with Gasteiger partial charge in [-0.05, 0) is 45.8 Å². The molecule has 0 aliphatic carbocycles. The first-order valence-corrected chi connectivity index (χ1v) is 9.23. The van der Waals surface area contributed by atoms with E-state index in [0.29, 0.717) is 21.3 Å². The second-order valence-electron chi connectivity index (χ2n) is 4.84. The largest absolute Gasteiger partial charge is 0.348 e. The SMILES string of the molecule is CS(=O)(=O)Nc1ccccc1CNC(=O)c1ccc(F)cc1Br. The molecule has 5 nitrogen and oxygen atoms in total. The predicted molar refractivity (Wildman–Crippen MR) is 90.2 cm³/mol. The van der Waals surface area contributed by atoms with Crippen LogP contribution < -0.4 is 10.0 Å². The van der Waals surface area contributed by atoms with Crippen molar-refractivity contribution in [2.75, 3.05) is 11.0 Å². The van der Waals surface area contributed by atoms with Gasteiger partial charge >= 0.3 is 0 Å². The van der Waals surface area contributed by atoms with Crippen LogP contribution in [0.15, 0.2) is 46.9 Å². The zero-order valence-electron chi connectivity index (χ0n) is 12.1. The summed E-state index contributed by atoms with van der Waals surface area (Å²) >= 11 is 3.14. The third-order valence-corrected chi connectivity index (χ3v) is 4.17. The molecule has 1 amide bonds. The van der Waals surface area contributed by atoms with Gasteiger partial charge in [0.15, 0.2) is 0 Å². The minimum atomic E-state index is -3.41. The first-order chi connectivity index (χ1) is 10.8. The van der Waals surface area contributed by atoms with Gasteiger partial charge in [-0.25, -0.2) is 12.8 Å². The number of para-hydroxylation sites is 1. The second kappa shape index (κ2) is 7.10. The molecule has 0 saturated carbocycles. The topological polar surface area (TPSA) is 75.3 Å². The molecule has 122 valence electrons. The minimum Gasteiger partial charge on any atom is -0.348 e. The van der Waals surface area contributed by atoms with Gasteiger partial charge in [0.1, 0.15) is 5.82 Å². The lowest BCUT2D eigenvalue weighted by atomic mass is 10.1. The van der Waals surface area contributed by atoms with Crippen molar-refractivity contribution in [1.82, 2.24) is 5.32 Å². The average molecular weight is 401 g/mol. The maximum atomic E-state index is 13.0. The Bertz CT molecular complexity index is 840. The van der Waals surface area contributed by atoms with Gasteiger partial charge in [0.2, 0.25) is 10.0 Å². The van der Waals surface area contributed by atoms with E-state index in [1.54, 1.807) is 24.3 Å². The molecule has 0 aromatic heterocycles. The fourth-order valence-corrected chi connectivity index (χ4v) is 3.05. The van der Waals surface area contributed by atoms with Gasteiger partial charge in [0.05, 0.1) is 17.5 Å². The van der Waals surface area contributed by atoms with Crippen LogP contribution in [0.1, 0.15) is 15.9 Å². The summed E-state index contributed by atoms with van der Waals surface area (Å²) in [5, 5.41) is 2.68. The summed E-state index contributed by atoms with van der Waals surface area (Å²) < 4.78 is 38.5. The predicted octanol–water partition coefficient (Wildman–Crippen LogP) is 2.89. The molecule has 0 unspecified atom stereocenters. The Labute approximate surface area is 142 Å². The molecule has 2 aromatic rings. The van der Waals surface area contributed by atoms with Gasteiger partial charge in [0, 0.05) is 11.0 Å². The molecule has 2 rings (SSSR count). The van der Waals surface area contributed by atoms with Gasteiger partial charge < -0.3 is 5.32 Å². The molecule has 0 atom stereocenters. The summed E-state index contributed by atoms with van der Waals surface area (Å²) in [6, 6.07) is 10.5. The van der Waals surface area contributed by atoms with Crippen LogP contribution in [-0.2, 0) is 16.6 Å². The van der Waals surface area contributed by atoms with Crippen molar-refractivity contribution in [2.24, 2.45) is 0 Å². The Morgan fingerprint density at radius 2 is 1.91 bits per heavy atom. The van der Waals surface area contributed by atoms with Crippen LogP contribution in [0.25, 0.3) is 0 Å². The molecular formula is C15H14BrFN2O3S. The highest BCUT2D eigenvalue weighted by molar-refractivity contribution is 9.10. The summed E-state index contributed by atoms with van der Waals surface area (Å²) in [5.74, 6) is -0.845. The quantitative estimate of drug-likeness (QED) is 0.809. The fraction of sp³-hybridized carbons (Fsp3) is 0.133. The highest BCUT2D eigenvalue weighted by Gasteiger charge is 2.12. The van der Waals surface area contributed by atoms with E-state index in [1.807, 2.05) is 0 Å². The minimum absolute atomic E-state index is 0.126. The van der Waals surface area contributed by atoms with Crippen molar-refractivity contribution in [3.8, 4) is 0 Å². The van der Waals surface area contributed by atoms with Gasteiger partial charge in [-0.15, -0.1) is 0 Å². The standard InChI is InChI=1S/C15H14BrFN2O3S/c1-23(21,22)19-14-5-3-2-4-10(14)9-18-15(20)12-7-6-11(17)8-13(12)16/h2-8,19H,9H2,1H3,(H,18,20). The number of amides is 1. The van der Waals surface area contributed by atoms with E-state index in [4.69, 9.17) is 0 Å². The van der Waals surface area contributed by atoms with Crippen molar-refractivity contribution in [1.29, 1.82) is 0 Å². The van der Waals surface area contributed by atoms with Crippen molar-refractivity contribution < 1.29 is 17.6 Å². The van der Waals surface area contributed by atoms with E-state index >= 15 is 0 Å². The molecule has 2 N–H and O–H groups in total. The van der Waals surface area contributed by atoms with Crippen LogP contribution >= 0.6 is 15.9 Å². The Morgan fingerprint density at radius 1 is 1.22 bits per heavy atom. The zero-order chi connectivity index (χ0) is 17.0. The van der Waals surface area contributed by atoms with Crippen molar-refractivity contribution >= 4 is 37.5 Å². The molecule has 23 heavy (non-hydrogen) atoms. The summed E-state index contributed by atoms with van der Waals surface area (Å²) in [7, 11) is -3.41. The van der Waals surface area contributed by atoms with Crippen LogP contribution in [0.3, 0.4) is 0 Å². The number of sulfonamides is 1. The third-order valence-electron chi connectivity index (χ3n) is 2.93. The number of carbonyl (C=O) groups is 1. The molecule has 0 fully saturated rings. The smallest absolute Gasteiger partial charge is 0.252 e. The second-order valence-corrected chi connectivity index (χ2v) is 7.44. The number of carbonyl (C=O) groups excluding carboxylic acids is 1. The molecule has 0 saturated heterocycles. The fourth-order valence-electron chi connectivity index (χ4n) is 1.92. The number of benzene rings is 2. The number of anilines is 1. The lowest BCUT2D eigenvalue weighted by Gasteiger charge is -2.12. The Balaban J connectivity index is 2.13. The lowest BCUT2D eigenvalue weighted by molar-refractivity contribution is 0.0950. The lowest BCUT2D eigenvalue weighted by Crippen LogP contribution is -2.24. The average Bonchev–Trinajstić information content (AvgIpc) is 2.44. The zero-order valence-corrected chi connectivity index (χ0v) is 14.5. The number of hydrogen-bond acceptors (Lipinski definition) is 3. The van der Waals surface area contributed by atoms with Crippen molar-refractivity contribution in [3.63, 3.8) is 0 Å². The molecule has 0 spiro atoms. The first kappa shape index (κ1) is 17.4. The van der Waals surface area contributed by atoms with E-state index in [0.717, 1.165) is 6.26 Å². The normalized spacial score (nSPS) is 11.1. The number of nitrogens with one attached hydrogen (secondary N) is 2. The summed E-state index contributed by atoms with van der Waals surface area (Å²) in [5.41, 5.74) is 1.30. The van der Waals surface area contributed by atoms with E-state index < -0.39 is 21.7 Å². The summed E-state index contributed by atoms with van der Waals surface area (Å²) in [6.45, 7) is 0.126. The van der Waals surface area contributed by atoms with E-state index in [-0.39, 0.29) is 6.54 Å². The number of hydrogen-bond donors (Lipinski definition) is 2. The van der Waals surface area contributed by atoms with Gasteiger partial charge in [-0.2, -0.15) is 0 Å². The molecule has 0 bridgehead atoms. The van der Waals surface area contributed by atoms with Gasteiger partial charge in [0.25, 0.3) is 5.91 Å². The highest BCUT2D eigenvalue weighted by atomic mass is 79.9. The molecule has 0 aliphatic rings. The van der Waals surface area contributed by atoms with Crippen molar-refractivity contribution in [3.05, 3.63) is 63.9 Å². The number of rotatable bonds is 5. The van der Waals surface area contributed by atoms with Crippen LogP contribution in [0.5, 0.6) is 0 Å². The highest BCUT2D eigenvalue weighted by Crippen LogP contribution is 2.19. The maximum absolute atomic E-state index is 13.0. The van der Waals surface area contributed by atoms with Crippen LogP contribution in [-0.4, -0.2) is 20.6 Å². The van der Waals surface area contributed by atoms with E-state index in [9.17, 15) is 17.6 Å². The number of halogens is 2. The van der Waals surface area contributed by atoms with Crippen LogP contribution in [0.2, 0.25) is 0 Å². The monoisotopic (exact) mass is 400 g/mol. The molecule has 0 aliphatic heterocycles. The maximum Gasteiger partial charge on any atom is 0.252 e. The van der Waals surface area contributed by atoms with Gasteiger partial charge in [-0.3, -0.25) is 9.52 Å². The first-order valence-electron chi connectivity index (χ1n) is 6.55. The molecule has 0 heterocycles. The molecule has 8 heteroatoms. The summed E-state index contributed by atoms with van der Waals surface area (Å²) in [6.07, 6.45) is 1.05. The Morgan fingerprint density at radius 3 is 2.57 bits per heavy atom. The van der Waals surface area contributed by atoms with Gasteiger partial charge in [-0.1, -0.05) is 18.2 Å². The van der Waals surface area contributed by atoms with Crippen molar-refractivity contribution in [2.45, 2.75) is 6.54 Å². The molecule has 2 aromatic carbocycles. The third kappa shape index (κ3) is 5.04. The summed E-state index contributed by atoms with van der Waals surface area (Å²) in [4.78, 5) is 12.1. The molecule has 0 radical (unpaired) electrons. The van der Waals surface area contributed by atoms with Crippen LogP contribution in [0.4, 0.5) is 10.1 Å². The van der Waals surface area contributed by atoms with Crippen LogP contribution in [0, 0.1) is 5.82 Å². The Kier molecular flexibility index (Phi) is 5.38. The van der Waals surface area contributed by atoms with E-state index in [2.05, 4.69) is 26.0 Å².